The third-order valence-corrected chi connectivity index (χ3v) is 3.09. The highest BCUT2D eigenvalue weighted by molar-refractivity contribution is 5.39. The van der Waals surface area contributed by atoms with E-state index in [1.54, 1.807) is 0 Å². The van der Waals surface area contributed by atoms with Crippen molar-refractivity contribution in [3.8, 4) is 11.5 Å². The fourth-order valence-corrected chi connectivity index (χ4v) is 2.10. The van der Waals surface area contributed by atoms with Gasteiger partial charge in [-0.25, -0.2) is 0 Å². The summed E-state index contributed by atoms with van der Waals surface area (Å²) in [4.78, 5) is 0. The third kappa shape index (κ3) is 5.97. The van der Waals surface area contributed by atoms with Gasteiger partial charge in [-0.2, -0.15) is 0 Å². The molecule has 1 N–H and O–H groups in total. The first-order valence-corrected chi connectivity index (χ1v) is 7.39. The second-order valence-corrected chi connectivity index (χ2v) is 4.53. The molecule has 0 fully saturated rings. The van der Waals surface area contributed by atoms with E-state index in [4.69, 9.17) is 9.47 Å². The van der Waals surface area contributed by atoms with Gasteiger partial charge >= 0.3 is 0 Å². The van der Waals surface area contributed by atoms with Crippen LogP contribution in [0.5, 0.6) is 11.5 Å². The largest absolute Gasteiger partial charge is 0.490 e. The quantitative estimate of drug-likeness (QED) is 0.655. The molecule has 1 unspecified atom stereocenters. The summed E-state index contributed by atoms with van der Waals surface area (Å²) in [6.45, 7) is 8.80. The van der Waals surface area contributed by atoms with Crippen molar-refractivity contribution in [1.82, 2.24) is 5.32 Å². The van der Waals surface area contributed by atoms with Crippen molar-refractivity contribution in [3.63, 3.8) is 0 Å². The summed E-state index contributed by atoms with van der Waals surface area (Å²) in [5.74, 6) is 1.68. The molecule has 3 heteroatoms. The number of para-hydroxylation sites is 2. The van der Waals surface area contributed by atoms with Gasteiger partial charge < -0.3 is 14.8 Å². The lowest BCUT2D eigenvalue weighted by molar-refractivity contribution is 0.265. The smallest absolute Gasteiger partial charge is 0.161 e. The number of hydrogen-bond donors (Lipinski definition) is 1. The molecule has 0 spiro atoms. The molecule has 1 aromatic rings. The first kappa shape index (κ1) is 15.8. The summed E-state index contributed by atoms with van der Waals surface area (Å²) in [5.41, 5.74) is 0. The molecular weight excluding hydrogens is 238 g/mol. The van der Waals surface area contributed by atoms with Crippen LogP contribution in [0.15, 0.2) is 24.3 Å². The third-order valence-electron chi connectivity index (χ3n) is 3.09. The monoisotopic (exact) mass is 265 g/mol. The van der Waals surface area contributed by atoms with E-state index in [1.807, 2.05) is 31.2 Å². The van der Waals surface area contributed by atoms with E-state index in [0.717, 1.165) is 37.5 Å². The van der Waals surface area contributed by atoms with Crippen molar-refractivity contribution in [2.75, 3.05) is 19.8 Å². The van der Waals surface area contributed by atoms with Crippen LogP contribution >= 0.6 is 0 Å². The van der Waals surface area contributed by atoms with Gasteiger partial charge in [-0.05, 0) is 44.9 Å². The maximum Gasteiger partial charge on any atom is 0.161 e. The van der Waals surface area contributed by atoms with Crippen molar-refractivity contribution >= 4 is 0 Å². The highest BCUT2D eigenvalue weighted by atomic mass is 16.5. The average molecular weight is 265 g/mol. The second kappa shape index (κ2) is 9.68. The van der Waals surface area contributed by atoms with Crippen molar-refractivity contribution in [3.05, 3.63) is 24.3 Å². The van der Waals surface area contributed by atoms with Gasteiger partial charge in [0.2, 0.25) is 0 Å². The molecule has 1 rings (SSSR count). The Labute approximate surface area is 117 Å². The lowest BCUT2D eigenvalue weighted by Gasteiger charge is -2.16. The van der Waals surface area contributed by atoms with Gasteiger partial charge in [0.05, 0.1) is 13.2 Å². The molecule has 0 bridgehead atoms. The predicted octanol–water partition coefficient (Wildman–Crippen LogP) is 3.63. The minimum absolute atomic E-state index is 0.607. The lowest BCUT2D eigenvalue weighted by atomic mass is 10.1. The van der Waals surface area contributed by atoms with E-state index in [-0.39, 0.29) is 0 Å². The Morgan fingerprint density at radius 2 is 1.74 bits per heavy atom. The second-order valence-electron chi connectivity index (χ2n) is 4.53. The summed E-state index contributed by atoms with van der Waals surface area (Å²) in [5, 5.41) is 3.48. The Morgan fingerprint density at radius 1 is 1.05 bits per heavy atom. The maximum atomic E-state index is 5.81. The predicted molar refractivity (Wildman–Crippen MR) is 80.1 cm³/mol. The molecule has 0 amide bonds. The van der Waals surface area contributed by atoms with Gasteiger partial charge in [0.15, 0.2) is 11.5 Å². The molecule has 1 atom stereocenters. The standard InChI is InChI=1S/C16H27NO2/c1-4-14(17-5-2)10-9-13-19-16-12-8-7-11-15(16)18-6-3/h7-8,11-12,14,17H,4-6,9-10,13H2,1-3H3. The molecule has 0 aliphatic carbocycles. The number of nitrogens with one attached hydrogen (secondary N) is 1. The molecule has 0 aliphatic rings. The van der Waals surface area contributed by atoms with E-state index in [1.165, 1.54) is 6.42 Å². The van der Waals surface area contributed by atoms with Gasteiger partial charge in [0.1, 0.15) is 0 Å². The van der Waals surface area contributed by atoms with E-state index in [9.17, 15) is 0 Å². The molecule has 0 saturated carbocycles. The summed E-state index contributed by atoms with van der Waals surface area (Å²) in [7, 11) is 0. The molecule has 0 saturated heterocycles. The number of ether oxygens (including phenoxy) is 2. The van der Waals surface area contributed by atoms with E-state index < -0.39 is 0 Å². The Hall–Kier alpha value is -1.22. The molecule has 19 heavy (non-hydrogen) atoms. The number of benzene rings is 1. The van der Waals surface area contributed by atoms with E-state index in [0.29, 0.717) is 12.6 Å². The highest BCUT2D eigenvalue weighted by Gasteiger charge is 2.06. The maximum absolute atomic E-state index is 5.81. The average Bonchev–Trinajstić information content (AvgIpc) is 2.44. The van der Waals surface area contributed by atoms with Crippen molar-refractivity contribution in [1.29, 1.82) is 0 Å². The van der Waals surface area contributed by atoms with Gasteiger partial charge in [0, 0.05) is 6.04 Å². The van der Waals surface area contributed by atoms with Gasteiger partial charge in [-0.15, -0.1) is 0 Å². The zero-order valence-electron chi connectivity index (χ0n) is 12.4. The van der Waals surface area contributed by atoms with Crippen LogP contribution in [0.4, 0.5) is 0 Å². The lowest BCUT2D eigenvalue weighted by Crippen LogP contribution is -2.28. The van der Waals surface area contributed by atoms with Gasteiger partial charge in [0.25, 0.3) is 0 Å². The minimum Gasteiger partial charge on any atom is -0.490 e. The van der Waals surface area contributed by atoms with E-state index >= 15 is 0 Å². The van der Waals surface area contributed by atoms with Crippen molar-refractivity contribution < 1.29 is 9.47 Å². The molecule has 0 radical (unpaired) electrons. The first-order valence-electron chi connectivity index (χ1n) is 7.39. The van der Waals surface area contributed by atoms with Crippen LogP contribution < -0.4 is 14.8 Å². The Kier molecular flexibility index (Phi) is 8.07. The Balaban J connectivity index is 2.32. The van der Waals surface area contributed by atoms with Crippen molar-refractivity contribution in [2.45, 2.75) is 46.1 Å². The van der Waals surface area contributed by atoms with Crippen LogP contribution in [0, 0.1) is 0 Å². The summed E-state index contributed by atoms with van der Waals surface area (Å²) >= 11 is 0. The minimum atomic E-state index is 0.607. The SMILES string of the molecule is CCNC(CC)CCCOc1ccccc1OCC. The van der Waals surface area contributed by atoms with Crippen LogP contribution in [0.1, 0.15) is 40.0 Å². The van der Waals surface area contributed by atoms with Crippen LogP contribution in [0.25, 0.3) is 0 Å². The molecule has 1 aromatic carbocycles. The van der Waals surface area contributed by atoms with Gasteiger partial charge in [-0.3, -0.25) is 0 Å². The van der Waals surface area contributed by atoms with Gasteiger partial charge in [-0.1, -0.05) is 26.0 Å². The number of rotatable bonds is 10. The van der Waals surface area contributed by atoms with Crippen LogP contribution in [-0.2, 0) is 0 Å². The van der Waals surface area contributed by atoms with E-state index in [2.05, 4.69) is 19.2 Å². The normalized spacial score (nSPS) is 12.2. The van der Waals surface area contributed by atoms with Crippen LogP contribution in [0.2, 0.25) is 0 Å². The summed E-state index contributed by atoms with van der Waals surface area (Å²) in [6, 6.07) is 8.47. The Bertz CT molecular complexity index is 341. The van der Waals surface area contributed by atoms with Crippen molar-refractivity contribution in [2.24, 2.45) is 0 Å². The van der Waals surface area contributed by atoms with Crippen LogP contribution in [-0.4, -0.2) is 25.8 Å². The fraction of sp³-hybridized carbons (Fsp3) is 0.625. The topological polar surface area (TPSA) is 30.5 Å². The molecule has 0 aliphatic heterocycles. The number of hydrogen-bond acceptors (Lipinski definition) is 3. The summed E-state index contributed by atoms with van der Waals surface area (Å²) in [6.07, 6.45) is 3.39. The van der Waals surface area contributed by atoms with Crippen LogP contribution in [0.3, 0.4) is 0 Å². The summed E-state index contributed by atoms with van der Waals surface area (Å²) < 4.78 is 11.3. The molecule has 0 heterocycles. The highest BCUT2D eigenvalue weighted by Crippen LogP contribution is 2.26. The zero-order chi connectivity index (χ0) is 13.9. The molecule has 0 aromatic heterocycles. The Morgan fingerprint density at radius 3 is 2.32 bits per heavy atom. The molecular formula is C16H27NO2. The zero-order valence-corrected chi connectivity index (χ0v) is 12.4. The molecule has 3 nitrogen and oxygen atoms in total. The fourth-order valence-electron chi connectivity index (χ4n) is 2.10. The first-order chi connectivity index (χ1) is 9.31. The molecule has 108 valence electrons.